The van der Waals surface area contributed by atoms with Gasteiger partial charge >= 0.3 is 5.97 Å². The lowest BCUT2D eigenvalue weighted by Crippen LogP contribution is -2.08. The maximum atomic E-state index is 11.7. The second kappa shape index (κ2) is 17.0. The van der Waals surface area contributed by atoms with Crippen LogP contribution in [0.4, 0.5) is 0 Å². The van der Waals surface area contributed by atoms with Gasteiger partial charge in [-0.2, -0.15) is 0 Å². The average Bonchev–Trinajstić information content (AvgIpc) is 2.53. The minimum absolute atomic E-state index is 0.00514. The van der Waals surface area contributed by atoms with Crippen LogP contribution in [-0.2, 0) is 9.53 Å². The predicted molar refractivity (Wildman–Crippen MR) is 105 cm³/mol. The number of hydrogen-bond donors (Lipinski definition) is 0. The van der Waals surface area contributed by atoms with Gasteiger partial charge < -0.3 is 4.74 Å². The molecule has 2 nitrogen and oxygen atoms in total. The Labute approximate surface area is 151 Å². The summed E-state index contributed by atoms with van der Waals surface area (Å²) in [6, 6.07) is 0. The highest BCUT2D eigenvalue weighted by Crippen LogP contribution is 2.13. The second-order valence-corrected chi connectivity index (χ2v) is 7.55. The minimum atomic E-state index is -0.00514. The summed E-state index contributed by atoms with van der Waals surface area (Å²) < 4.78 is 5.36. The quantitative estimate of drug-likeness (QED) is 0.169. The third-order valence-electron chi connectivity index (χ3n) is 4.57. The molecule has 1 atom stereocenters. The van der Waals surface area contributed by atoms with Crippen molar-refractivity contribution in [3.8, 4) is 0 Å². The Kier molecular flexibility index (Phi) is 16.5. The van der Waals surface area contributed by atoms with Gasteiger partial charge in [-0.05, 0) is 45.4 Å². The topological polar surface area (TPSA) is 26.3 Å². The van der Waals surface area contributed by atoms with Gasteiger partial charge in [0.2, 0.25) is 0 Å². The highest BCUT2D eigenvalue weighted by Gasteiger charge is 2.05. The SMILES string of the molecule is CCCCCCCCCCCC(=O)OCC[C@H](C)CCC=C(C)C. The smallest absolute Gasteiger partial charge is 0.305 e. The predicted octanol–water partition coefficient (Wildman–Crippen LogP) is 7.22. The molecular weight excluding hydrogens is 296 g/mol. The fourth-order valence-corrected chi connectivity index (χ4v) is 2.83. The molecule has 0 aromatic carbocycles. The van der Waals surface area contributed by atoms with Crippen molar-refractivity contribution in [3.63, 3.8) is 0 Å². The molecule has 142 valence electrons. The van der Waals surface area contributed by atoms with E-state index >= 15 is 0 Å². The van der Waals surface area contributed by atoms with Crippen LogP contribution < -0.4 is 0 Å². The standard InChI is InChI=1S/C22H42O2/c1-5-6-7-8-9-10-11-12-13-17-22(23)24-19-18-21(4)16-14-15-20(2)3/h15,21H,5-14,16-19H2,1-4H3/t21-/m1/s1. The van der Waals surface area contributed by atoms with Crippen LogP contribution in [0.1, 0.15) is 111 Å². The number of ether oxygens (including phenoxy) is 1. The molecule has 0 aliphatic heterocycles. The number of esters is 1. The Morgan fingerprint density at radius 1 is 0.917 bits per heavy atom. The van der Waals surface area contributed by atoms with E-state index in [0.717, 1.165) is 19.3 Å². The number of hydrogen-bond acceptors (Lipinski definition) is 2. The monoisotopic (exact) mass is 338 g/mol. The molecule has 0 radical (unpaired) electrons. The summed E-state index contributed by atoms with van der Waals surface area (Å²) >= 11 is 0. The first-order valence-corrected chi connectivity index (χ1v) is 10.3. The van der Waals surface area contributed by atoms with Gasteiger partial charge in [-0.15, -0.1) is 0 Å². The first-order chi connectivity index (χ1) is 11.6. The summed E-state index contributed by atoms with van der Waals surface area (Å²) in [5, 5.41) is 0. The third-order valence-corrected chi connectivity index (χ3v) is 4.57. The zero-order valence-electron chi connectivity index (χ0n) is 16.9. The van der Waals surface area contributed by atoms with Gasteiger partial charge in [0.15, 0.2) is 0 Å². The fourth-order valence-electron chi connectivity index (χ4n) is 2.83. The number of carbonyl (C=O) groups excluding carboxylic acids is 1. The van der Waals surface area contributed by atoms with Crippen LogP contribution in [0.25, 0.3) is 0 Å². The second-order valence-electron chi connectivity index (χ2n) is 7.55. The van der Waals surface area contributed by atoms with E-state index in [0.29, 0.717) is 18.9 Å². The van der Waals surface area contributed by atoms with Crippen molar-refractivity contribution in [2.75, 3.05) is 6.61 Å². The van der Waals surface area contributed by atoms with Crippen LogP contribution in [0, 0.1) is 5.92 Å². The van der Waals surface area contributed by atoms with E-state index in [1.54, 1.807) is 0 Å². The van der Waals surface area contributed by atoms with E-state index in [1.165, 1.54) is 63.4 Å². The van der Waals surface area contributed by atoms with E-state index in [-0.39, 0.29) is 5.97 Å². The molecule has 2 heteroatoms. The minimum Gasteiger partial charge on any atom is -0.466 e. The Morgan fingerprint density at radius 3 is 2.08 bits per heavy atom. The highest BCUT2D eigenvalue weighted by atomic mass is 16.5. The maximum absolute atomic E-state index is 11.7. The van der Waals surface area contributed by atoms with Crippen LogP contribution >= 0.6 is 0 Å². The van der Waals surface area contributed by atoms with Gasteiger partial charge in [0.1, 0.15) is 0 Å². The van der Waals surface area contributed by atoms with Gasteiger partial charge in [0, 0.05) is 6.42 Å². The summed E-state index contributed by atoms with van der Waals surface area (Å²) in [5.74, 6) is 0.621. The molecule has 0 heterocycles. The van der Waals surface area contributed by atoms with E-state index in [9.17, 15) is 4.79 Å². The van der Waals surface area contributed by atoms with Crippen molar-refractivity contribution in [1.29, 1.82) is 0 Å². The summed E-state index contributed by atoms with van der Waals surface area (Å²) in [5.41, 5.74) is 1.38. The highest BCUT2D eigenvalue weighted by molar-refractivity contribution is 5.69. The maximum Gasteiger partial charge on any atom is 0.305 e. The van der Waals surface area contributed by atoms with Crippen LogP contribution in [0.3, 0.4) is 0 Å². The lowest BCUT2D eigenvalue weighted by molar-refractivity contribution is -0.144. The molecule has 0 N–H and O–H groups in total. The Bertz CT molecular complexity index is 316. The number of allylic oxidation sites excluding steroid dienone is 2. The lowest BCUT2D eigenvalue weighted by Gasteiger charge is -2.10. The van der Waals surface area contributed by atoms with Crippen molar-refractivity contribution in [3.05, 3.63) is 11.6 Å². The first-order valence-electron chi connectivity index (χ1n) is 10.3. The molecule has 0 fully saturated rings. The molecule has 0 saturated heterocycles. The summed E-state index contributed by atoms with van der Waals surface area (Å²) in [7, 11) is 0. The van der Waals surface area contributed by atoms with Crippen molar-refractivity contribution >= 4 is 5.97 Å². The first kappa shape index (κ1) is 23.2. The average molecular weight is 339 g/mol. The molecule has 0 rings (SSSR count). The zero-order valence-corrected chi connectivity index (χ0v) is 16.9. The summed E-state index contributed by atoms with van der Waals surface area (Å²) in [6.45, 7) is 9.36. The number of unbranched alkanes of at least 4 members (excludes halogenated alkanes) is 8. The van der Waals surface area contributed by atoms with Crippen molar-refractivity contribution in [1.82, 2.24) is 0 Å². The number of carbonyl (C=O) groups is 1. The van der Waals surface area contributed by atoms with Crippen LogP contribution in [0.5, 0.6) is 0 Å². The van der Waals surface area contributed by atoms with Gasteiger partial charge in [-0.25, -0.2) is 0 Å². The van der Waals surface area contributed by atoms with Gasteiger partial charge in [-0.1, -0.05) is 76.9 Å². The van der Waals surface area contributed by atoms with Gasteiger partial charge in [0.25, 0.3) is 0 Å². The normalized spacial score (nSPS) is 12.0. The molecule has 0 aromatic rings. The fraction of sp³-hybridized carbons (Fsp3) is 0.864. The zero-order chi connectivity index (χ0) is 18.0. The van der Waals surface area contributed by atoms with Crippen LogP contribution in [0.15, 0.2) is 11.6 Å². The molecule has 0 saturated carbocycles. The summed E-state index contributed by atoms with van der Waals surface area (Å²) in [4.78, 5) is 11.7. The molecule has 0 aliphatic carbocycles. The molecule has 0 spiro atoms. The molecular formula is C22H42O2. The molecule has 24 heavy (non-hydrogen) atoms. The Morgan fingerprint density at radius 2 is 1.50 bits per heavy atom. The van der Waals surface area contributed by atoms with Gasteiger partial charge in [0.05, 0.1) is 6.61 Å². The largest absolute Gasteiger partial charge is 0.466 e. The molecule has 0 aliphatic rings. The van der Waals surface area contributed by atoms with E-state index in [1.807, 2.05) is 0 Å². The Hall–Kier alpha value is -0.790. The molecule has 0 aromatic heterocycles. The Balaban J connectivity index is 3.36. The third kappa shape index (κ3) is 17.6. The van der Waals surface area contributed by atoms with Gasteiger partial charge in [-0.3, -0.25) is 4.79 Å². The van der Waals surface area contributed by atoms with E-state index in [4.69, 9.17) is 4.74 Å². The van der Waals surface area contributed by atoms with Crippen LogP contribution in [-0.4, -0.2) is 12.6 Å². The van der Waals surface area contributed by atoms with Crippen molar-refractivity contribution in [2.24, 2.45) is 5.92 Å². The molecule has 0 bridgehead atoms. The van der Waals surface area contributed by atoms with E-state index < -0.39 is 0 Å². The summed E-state index contributed by atoms with van der Waals surface area (Å²) in [6.07, 6.45) is 17.7. The lowest BCUT2D eigenvalue weighted by atomic mass is 10.0. The van der Waals surface area contributed by atoms with Crippen LogP contribution in [0.2, 0.25) is 0 Å². The van der Waals surface area contributed by atoms with E-state index in [2.05, 4.69) is 33.8 Å². The molecule has 0 unspecified atom stereocenters. The molecule has 0 amide bonds. The van der Waals surface area contributed by atoms with Crippen molar-refractivity contribution < 1.29 is 9.53 Å². The van der Waals surface area contributed by atoms with Crippen molar-refractivity contribution in [2.45, 2.75) is 111 Å². The number of rotatable bonds is 16.